The van der Waals surface area contributed by atoms with Crippen LogP contribution in [0, 0.1) is 5.92 Å². The van der Waals surface area contributed by atoms with Crippen LogP contribution in [0.25, 0.3) is 10.9 Å². The highest BCUT2D eigenvalue weighted by molar-refractivity contribution is 6.07. The minimum atomic E-state index is -0.0119. The topological polar surface area (TPSA) is 61.4 Å². The fourth-order valence-corrected chi connectivity index (χ4v) is 4.96. The Kier molecular flexibility index (Phi) is 5.79. The molecule has 6 nitrogen and oxygen atoms in total. The Balaban J connectivity index is 1.43. The van der Waals surface area contributed by atoms with Crippen LogP contribution in [-0.4, -0.2) is 54.0 Å². The van der Waals surface area contributed by atoms with Crippen molar-refractivity contribution < 1.29 is 4.79 Å². The van der Waals surface area contributed by atoms with E-state index in [1.807, 2.05) is 36.5 Å². The van der Waals surface area contributed by atoms with Gasteiger partial charge in [-0.2, -0.15) is 0 Å². The van der Waals surface area contributed by atoms with Gasteiger partial charge in [0.2, 0.25) is 0 Å². The second kappa shape index (κ2) is 8.87. The summed E-state index contributed by atoms with van der Waals surface area (Å²) in [5.41, 5.74) is 5.00. The second-order valence-electron chi connectivity index (χ2n) is 9.24. The molecular formula is C26H31N5O. The van der Waals surface area contributed by atoms with Crippen molar-refractivity contribution in [2.75, 3.05) is 38.1 Å². The summed E-state index contributed by atoms with van der Waals surface area (Å²) >= 11 is 0. The molecule has 1 amide bonds. The molecule has 1 N–H and O–H groups in total. The molecule has 2 aromatic heterocycles. The second-order valence-corrected chi connectivity index (χ2v) is 9.24. The van der Waals surface area contributed by atoms with Crippen LogP contribution < -0.4 is 10.2 Å². The van der Waals surface area contributed by atoms with Gasteiger partial charge in [-0.05, 0) is 49.9 Å². The van der Waals surface area contributed by atoms with Crippen LogP contribution in [0.5, 0.6) is 0 Å². The predicted octanol–water partition coefficient (Wildman–Crippen LogP) is 3.44. The largest absolute Gasteiger partial charge is 0.354 e. The van der Waals surface area contributed by atoms with Crippen molar-refractivity contribution >= 4 is 22.6 Å². The highest BCUT2D eigenvalue weighted by Gasteiger charge is 2.25. The summed E-state index contributed by atoms with van der Waals surface area (Å²) in [6.45, 7) is 6.68. The van der Waals surface area contributed by atoms with Gasteiger partial charge in [0.15, 0.2) is 0 Å². The highest BCUT2D eigenvalue weighted by Crippen LogP contribution is 2.31. The lowest BCUT2D eigenvalue weighted by molar-refractivity contribution is 0.0951. The summed E-state index contributed by atoms with van der Waals surface area (Å²) in [5.74, 6) is 1.54. The van der Waals surface area contributed by atoms with Crippen molar-refractivity contribution in [3.8, 4) is 0 Å². The molecule has 0 radical (unpaired) electrons. The van der Waals surface area contributed by atoms with Gasteiger partial charge in [0, 0.05) is 55.6 Å². The Bertz CT molecular complexity index is 1140. The average Bonchev–Trinajstić information content (AvgIpc) is 2.82. The van der Waals surface area contributed by atoms with Crippen molar-refractivity contribution in [2.24, 2.45) is 5.92 Å². The van der Waals surface area contributed by atoms with E-state index in [1.54, 1.807) is 0 Å². The lowest BCUT2D eigenvalue weighted by Crippen LogP contribution is -2.45. The average molecular weight is 430 g/mol. The molecule has 3 aromatic rings. The normalized spacial score (nSPS) is 19.1. The Labute approximate surface area is 189 Å². The van der Waals surface area contributed by atoms with Gasteiger partial charge in [0.25, 0.3) is 5.91 Å². The molecule has 166 valence electrons. The maximum Gasteiger partial charge on any atom is 0.252 e. The van der Waals surface area contributed by atoms with Gasteiger partial charge in [0.05, 0.1) is 11.1 Å². The van der Waals surface area contributed by atoms with Crippen LogP contribution in [0.1, 0.15) is 40.5 Å². The fourth-order valence-electron chi connectivity index (χ4n) is 4.96. The predicted molar refractivity (Wildman–Crippen MR) is 128 cm³/mol. The quantitative estimate of drug-likeness (QED) is 0.689. The molecule has 1 saturated heterocycles. The van der Waals surface area contributed by atoms with Crippen molar-refractivity contribution in [2.45, 2.75) is 32.7 Å². The maximum atomic E-state index is 13.6. The maximum absolute atomic E-state index is 13.6. The van der Waals surface area contributed by atoms with Crippen LogP contribution in [0.4, 0.5) is 5.82 Å². The van der Waals surface area contributed by atoms with Gasteiger partial charge in [-0.1, -0.05) is 31.2 Å². The van der Waals surface area contributed by atoms with Crippen LogP contribution in [0.2, 0.25) is 0 Å². The third-order valence-corrected chi connectivity index (χ3v) is 6.84. The number of carbonyl (C=O) groups excluding carboxylic acids is 1. The van der Waals surface area contributed by atoms with Crippen LogP contribution in [0.3, 0.4) is 0 Å². The van der Waals surface area contributed by atoms with Crippen molar-refractivity contribution in [3.05, 3.63) is 65.0 Å². The van der Waals surface area contributed by atoms with Gasteiger partial charge in [-0.25, -0.2) is 4.98 Å². The molecule has 6 heteroatoms. The zero-order chi connectivity index (χ0) is 22.1. The molecule has 32 heavy (non-hydrogen) atoms. The van der Waals surface area contributed by atoms with Gasteiger partial charge in [-0.15, -0.1) is 0 Å². The number of piperazine rings is 1. The Hall–Kier alpha value is -2.99. The lowest BCUT2D eigenvalue weighted by Gasteiger charge is -2.34. The summed E-state index contributed by atoms with van der Waals surface area (Å²) in [4.78, 5) is 27.8. The number of carbonyl (C=O) groups is 1. The van der Waals surface area contributed by atoms with Gasteiger partial charge in [0.1, 0.15) is 5.82 Å². The van der Waals surface area contributed by atoms with Crippen molar-refractivity contribution in [1.82, 2.24) is 20.2 Å². The molecule has 0 unspecified atom stereocenters. The number of amides is 1. The van der Waals surface area contributed by atoms with Gasteiger partial charge in [-0.3, -0.25) is 9.78 Å². The summed E-state index contributed by atoms with van der Waals surface area (Å²) in [5, 5.41) is 4.16. The van der Waals surface area contributed by atoms with Crippen molar-refractivity contribution in [1.29, 1.82) is 0 Å². The van der Waals surface area contributed by atoms with E-state index in [4.69, 9.17) is 4.98 Å². The van der Waals surface area contributed by atoms with E-state index in [9.17, 15) is 4.79 Å². The molecule has 0 spiro atoms. The van der Waals surface area contributed by atoms with Gasteiger partial charge < -0.3 is 15.1 Å². The zero-order valence-corrected chi connectivity index (χ0v) is 19.0. The lowest BCUT2D eigenvalue weighted by atomic mass is 9.84. The first-order valence-corrected chi connectivity index (χ1v) is 11.7. The van der Waals surface area contributed by atoms with E-state index in [-0.39, 0.29) is 5.91 Å². The number of pyridine rings is 2. The molecule has 3 heterocycles. The summed E-state index contributed by atoms with van der Waals surface area (Å²) in [6.07, 6.45) is 4.82. The fraction of sp³-hybridized carbons (Fsp3) is 0.423. The van der Waals surface area contributed by atoms with Crippen LogP contribution in [-0.2, 0) is 19.4 Å². The first-order chi connectivity index (χ1) is 15.6. The SMILES string of the molecule is C[C@H]1CCc2nc3ccccc3c(C(=O)NCc3cccnc3N3CCN(C)CC3)c2C1. The van der Waals surface area contributed by atoms with E-state index in [0.29, 0.717) is 12.5 Å². The van der Waals surface area contributed by atoms with E-state index in [2.05, 4.69) is 40.1 Å². The van der Waals surface area contributed by atoms with E-state index in [1.165, 1.54) is 0 Å². The smallest absolute Gasteiger partial charge is 0.252 e. The first-order valence-electron chi connectivity index (χ1n) is 11.7. The van der Waals surface area contributed by atoms with E-state index in [0.717, 1.165) is 84.5 Å². The van der Waals surface area contributed by atoms with Gasteiger partial charge >= 0.3 is 0 Å². The number of hydrogen-bond donors (Lipinski definition) is 1. The number of likely N-dealkylation sites (N-methyl/N-ethyl adjacent to an activating group) is 1. The molecular weight excluding hydrogens is 398 g/mol. The number of rotatable bonds is 4. The van der Waals surface area contributed by atoms with E-state index >= 15 is 0 Å². The number of hydrogen-bond acceptors (Lipinski definition) is 5. The Morgan fingerprint density at radius 3 is 2.78 bits per heavy atom. The third kappa shape index (κ3) is 4.07. The number of benzene rings is 1. The number of anilines is 1. The summed E-state index contributed by atoms with van der Waals surface area (Å²) < 4.78 is 0. The Morgan fingerprint density at radius 2 is 1.94 bits per heavy atom. The number of nitrogens with zero attached hydrogens (tertiary/aromatic N) is 4. The zero-order valence-electron chi connectivity index (χ0n) is 19.0. The molecule has 0 saturated carbocycles. The molecule has 2 aliphatic rings. The summed E-state index contributed by atoms with van der Waals surface area (Å²) in [6, 6.07) is 12.0. The van der Waals surface area contributed by atoms with Crippen LogP contribution in [0.15, 0.2) is 42.6 Å². The summed E-state index contributed by atoms with van der Waals surface area (Å²) in [7, 11) is 2.15. The molecule has 1 aromatic carbocycles. The number of aryl methyl sites for hydroxylation is 1. The molecule has 1 fully saturated rings. The number of nitrogens with one attached hydrogen (secondary N) is 1. The van der Waals surface area contributed by atoms with Crippen LogP contribution >= 0.6 is 0 Å². The third-order valence-electron chi connectivity index (χ3n) is 6.84. The molecule has 1 aliphatic carbocycles. The standard InChI is InChI=1S/C26H31N5O/c1-18-9-10-23-21(16-18)24(20-7-3-4-8-22(20)29-23)26(32)28-17-19-6-5-11-27-25(19)31-14-12-30(2)13-15-31/h3-8,11,18H,9-10,12-17H2,1-2H3,(H,28,32)/t18-/m0/s1. The number of fused-ring (bicyclic) bond motifs is 2. The molecule has 1 atom stereocenters. The van der Waals surface area contributed by atoms with E-state index < -0.39 is 0 Å². The highest BCUT2D eigenvalue weighted by atomic mass is 16.1. The monoisotopic (exact) mass is 429 g/mol. The molecule has 5 rings (SSSR count). The minimum Gasteiger partial charge on any atom is -0.354 e. The van der Waals surface area contributed by atoms with Crippen molar-refractivity contribution in [3.63, 3.8) is 0 Å². The molecule has 0 bridgehead atoms. The first kappa shape index (κ1) is 20.9. The number of aromatic nitrogens is 2. The minimum absolute atomic E-state index is 0.0119. The molecule has 1 aliphatic heterocycles. The Morgan fingerprint density at radius 1 is 1.12 bits per heavy atom. The number of para-hydroxylation sites is 1.